The number of rotatable bonds is 4. The average Bonchev–Trinajstić information content (AvgIpc) is 2.76. The smallest absolute Gasteiger partial charge is 0.224 e. The van der Waals surface area contributed by atoms with Gasteiger partial charge in [-0.25, -0.2) is 4.98 Å². The average molecular weight is 232 g/mol. The highest BCUT2D eigenvalue weighted by atomic mass is 16.4. The maximum Gasteiger partial charge on any atom is 0.224 e. The highest BCUT2D eigenvalue weighted by Gasteiger charge is 2.21. The van der Waals surface area contributed by atoms with Gasteiger partial charge in [0.1, 0.15) is 12.4 Å². The molecule has 0 fully saturated rings. The third-order valence-electron chi connectivity index (χ3n) is 2.61. The SMILES string of the molecule is Cc1coc(C(O)C(N)Cc2ccccc2)n1. The lowest BCUT2D eigenvalue weighted by atomic mass is 10.0. The molecule has 2 rings (SSSR count). The zero-order valence-electron chi connectivity index (χ0n) is 9.71. The van der Waals surface area contributed by atoms with Crippen molar-refractivity contribution in [1.29, 1.82) is 0 Å². The second kappa shape index (κ2) is 5.12. The van der Waals surface area contributed by atoms with E-state index in [1.807, 2.05) is 37.3 Å². The number of aliphatic hydroxyl groups is 1. The summed E-state index contributed by atoms with van der Waals surface area (Å²) in [7, 11) is 0. The molecule has 4 heteroatoms. The zero-order chi connectivity index (χ0) is 12.3. The third-order valence-corrected chi connectivity index (χ3v) is 2.61. The summed E-state index contributed by atoms with van der Waals surface area (Å²) < 4.78 is 5.14. The van der Waals surface area contributed by atoms with Gasteiger partial charge in [0, 0.05) is 6.04 Å². The second-order valence-corrected chi connectivity index (χ2v) is 4.13. The Hall–Kier alpha value is -1.65. The number of hydrogen-bond acceptors (Lipinski definition) is 4. The molecule has 1 aromatic heterocycles. The summed E-state index contributed by atoms with van der Waals surface area (Å²) in [4.78, 5) is 4.08. The highest BCUT2D eigenvalue weighted by molar-refractivity contribution is 5.16. The first-order chi connectivity index (χ1) is 8.16. The van der Waals surface area contributed by atoms with Crippen LogP contribution in [-0.4, -0.2) is 16.1 Å². The molecule has 0 saturated carbocycles. The van der Waals surface area contributed by atoms with E-state index in [9.17, 15) is 5.11 Å². The molecular weight excluding hydrogens is 216 g/mol. The van der Waals surface area contributed by atoms with Crippen LogP contribution in [0.1, 0.15) is 23.3 Å². The van der Waals surface area contributed by atoms with Crippen molar-refractivity contribution in [3.05, 3.63) is 53.7 Å². The first-order valence-electron chi connectivity index (χ1n) is 5.56. The monoisotopic (exact) mass is 232 g/mol. The lowest BCUT2D eigenvalue weighted by molar-refractivity contribution is 0.115. The van der Waals surface area contributed by atoms with Gasteiger partial charge in [-0.15, -0.1) is 0 Å². The fraction of sp³-hybridized carbons (Fsp3) is 0.308. The molecule has 2 atom stereocenters. The Morgan fingerprint density at radius 2 is 2.06 bits per heavy atom. The number of benzene rings is 1. The van der Waals surface area contributed by atoms with E-state index in [-0.39, 0.29) is 5.89 Å². The van der Waals surface area contributed by atoms with Crippen molar-refractivity contribution in [3.63, 3.8) is 0 Å². The van der Waals surface area contributed by atoms with Crippen molar-refractivity contribution in [2.45, 2.75) is 25.5 Å². The Morgan fingerprint density at radius 3 is 2.65 bits per heavy atom. The van der Waals surface area contributed by atoms with Crippen LogP contribution in [0, 0.1) is 6.92 Å². The summed E-state index contributed by atoms with van der Waals surface area (Å²) in [6.07, 6.45) is 1.22. The molecule has 3 N–H and O–H groups in total. The van der Waals surface area contributed by atoms with Crippen LogP contribution in [0.3, 0.4) is 0 Å². The molecule has 17 heavy (non-hydrogen) atoms. The molecule has 0 aliphatic heterocycles. The van der Waals surface area contributed by atoms with E-state index in [2.05, 4.69) is 4.98 Å². The fourth-order valence-electron chi connectivity index (χ4n) is 1.69. The lowest BCUT2D eigenvalue weighted by Crippen LogP contribution is -2.30. The third kappa shape index (κ3) is 2.93. The van der Waals surface area contributed by atoms with Gasteiger partial charge in [0.15, 0.2) is 0 Å². The summed E-state index contributed by atoms with van der Waals surface area (Å²) in [5, 5.41) is 9.98. The molecule has 90 valence electrons. The Morgan fingerprint density at radius 1 is 1.35 bits per heavy atom. The number of hydrogen-bond donors (Lipinski definition) is 2. The van der Waals surface area contributed by atoms with Crippen molar-refractivity contribution in [2.75, 3.05) is 0 Å². The quantitative estimate of drug-likeness (QED) is 0.839. The Balaban J connectivity index is 2.03. The van der Waals surface area contributed by atoms with Crippen LogP contribution in [0.25, 0.3) is 0 Å². The van der Waals surface area contributed by atoms with E-state index in [0.717, 1.165) is 11.3 Å². The van der Waals surface area contributed by atoms with Gasteiger partial charge in [-0.3, -0.25) is 0 Å². The lowest BCUT2D eigenvalue weighted by Gasteiger charge is -2.15. The van der Waals surface area contributed by atoms with Crippen LogP contribution in [0.5, 0.6) is 0 Å². The van der Waals surface area contributed by atoms with Crippen LogP contribution < -0.4 is 5.73 Å². The molecule has 0 bridgehead atoms. The largest absolute Gasteiger partial charge is 0.446 e. The number of oxazole rings is 1. The van der Waals surface area contributed by atoms with E-state index in [1.165, 1.54) is 6.26 Å². The number of nitrogens with zero attached hydrogens (tertiary/aromatic N) is 1. The van der Waals surface area contributed by atoms with Crippen molar-refractivity contribution in [2.24, 2.45) is 5.73 Å². The minimum Gasteiger partial charge on any atom is -0.446 e. The minimum atomic E-state index is -0.871. The molecule has 0 spiro atoms. The van der Waals surface area contributed by atoms with Crippen LogP contribution in [-0.2, 0) is 6.42 Å². The van der Waals surface area contributed by atoms with Gasteiger partial charge < -0.3 is 15.3 Å². The summed E-state index contributed by atoms with van der Waals surface area (Å²) in [5.74, 6) is 0.283. The molecule has 0 aliphatic rings. The van der Waals surface area contributed by atoms with Crippen molar-refractivity contribution in [1.82, 2.24) is 4.98 Å². The van der Waals surface area contributed by atoms with E-state index in [0.29, 0.717) is 6.42 Å². The number of aliphatic hydroxyl groups excluding tert-OH is 1. The Labute approximate surface area is 100 Å². The molecule has 0 aliphatic carbocycles. The molecule has 0 saturated heterocycles. The topological polar surface area (TPSA) is 72.3 Å². The maximum atomic E-state index is 9.98. The summed E-state index contributed by atoms with van der Waals surface area (Å²) in [6.45, 7) is 1.81. The fourth-order valence-corrected chi connectivity index (χ4v) is 1.69. The zero-order valence-corrected chi connectivity index (χ0v) is 9.71. The summed E-state index contributed by atoms with van der Waals surface area (Å²) >= 11 is 0. The van der Waals surface area contributed by atoms with Crippen molar-refractivity contribution >= 4 is 0 Å². The van der Waals surface area contributed by atoms with Crippen LogP contribution >= 0.6 is 0 Å². The first-order valence-corrected chi connectivity index (χ1v) is 5.56. The first kappa shape index (κ1) is 11.8. The maximum absolute atomic E-state index is 9.98. The standard InChI is InChI=1S/C13H16N2O2/c1-9-8-17-13(15-9)12(16)11(14)7-10-5-3-2-4-6-10/h2-6,8,11-12,16H,7,14H2,1H3. The molecule has 4 nitrogen and oxygen atoms in total. The van der Waals surface area contributed by atoms with Gasteiger partial charge in [0.25, 0.3) is 0 Å². The minimum absolute atomic E-state index is 0.283. The highest BCUT2D eigenvalue weighted by Crippen LogP contribution is 2.17. The van der Waals surface area contributed by atoms with Gasteiger partial charge in [-0.1, -0.05) is 30.3 Å². The number of aromatic nitrogens is 1. The van der Waals surface area contributed by atoms with E-state index >= 15 is 0 Å². The predicted octanol–water partition coefficient (Wildman–Crippen LogP) is 1.59. The number of aryl methyl sites for hydroxylation is 1. The van der Waals surface area contributed by atoms with Crippen LogP contribution in [0.2, 0.25) is 0 Å². The van der Waals surface area contributed by atoms with Gasteiger partial charge >= 0.3 is 0 Å². The molecule has 1 heterocycles. The Bertz CT molecular complexity index is 467. The predicted molar refractivity (Wildman–Crippen MR) is 64.3 cm³/mol. The van der Waals surface area contributed by atoms with E-state index < -0.39 is 12.1 Å². The molecule has 2 aromatic rings. The van der Waals surface area contributed by atoms with Crippen molar-refractivity contribution < 1.29 is 9.52 Å². The normalized spacial score (nSPS) is 14.5. The Kier molecular flexibility index (Phi) is 3.56. The van der Waals surface area contributed by atoms with E-state index in [1.54, 1.807) is 0 Å². The van der Waals surface area contributed by atoms with Gasteiger partial charge in [-0.2, -0.15) is 0 Å². The van der Waals surface area contributed by atoms with Crippen LogP contribution in [0.4, 0.5) is 0 Å². The summed E-state index contributed by atoms with van der Waals surface area (Å²) in [5.41, 5.74) is 7.77. The van der Waals surface area contributed by atoms with Gasteiger partial charge in [-0.05, 0) is 18.9 Å². The van der Waals surface area contributed by atoms with Gasteiger partial charge in [0.05, 0.1) is 5.69 Å². The molecule has 2 unspecified atom stereocenters. The molecule has 1 aromatic carbocycles. The molecular formula is C13H16N2O2. The van der Waals surface area contributed by atoms with Crippen LogP contribution in [0.15, 0.2) is 41.0 Å². The van der Waals surface area contributed by atoms with Crippen molar-refractivity contribution in [3.8, 4) is 0 Å². The second-order valence-electron chi connectivity index (χ2n) is 4.13. The molecule has 0 amide bonds. The van der Waals surface area contributed by atoms with Gasteiger partial charge in [0.2, 0.25) is 5.89 Å². The summed E-state index contributed by atoms with van der Waals surface area (Å²) in [6, 6.07) is 9.38. The number of nitrogens with two attached hydrogens (primary N) is 1. The van der Waals surface area contributed by atoms with E-state index in [4.69, 9.17) is 10.2 Å². The molecule has 0 radical (unpaired) electrons.